The molecule has 0 bridgehead atoms. The van der Waals surface area contributed by atoms with E-state index in [1.165, 1.54) is 29.0 Å². The monoisotopic (exact) mass is 418 g/mol. The van der Waals surface area contributed by atoms with Crippen molar-refractivity contribution in [2.75, 3.05) is 0 Å². The second-order valence-corrected chi connectivity index (χ2v) is 8.08. The average Bonchev–Trinajstić information content (AvgIpc) is 3.41. The van der Waals surface area contributed by atoms with Gasteiger partial charge in [-0.25, -0.2) is 9.07 Å². The minimum absolute atomic E-state index is 0.278. The third-order valence-electron chi connectivity index (χ3n) is 5.17. The second kappa shape index (κ2) is 7.46. The fraction of sp³-hybridized carbons (Fsp3) is 0.182. The van der Waals surface area contributed by atoms with Crippen molar-refractivity contribution in [3.63, 3.8) is 0 Å². The molecule has 2 aromatic carbocycles. The zero-order chi connectivity index (χ0) is 20.7. The third-order valence-corrected chi connectivity index (χ3v) is 6.12. The van der Waals surface area contributed by atoms with Crippen LogP contribution in [0.1, 0.15) is 22.8 Å². The van der Waals surface area contributed by atoms with Crippen LogP contribution in [0.2, 0.25) is 0 Å². The lowest BCUT2D eigenvalue weighted by molar-refractivity contribution is 0.628. The smallest absolute Gasteiger partial charge is 0.234 e. The van der Waals surface area contributed by atoms with E-state index >= 15 is 0 Å². The summed E-state index contributed by atoms with van der Waals surface area (Å²) >= 11 is 1.40. The first kappa shape index (κ1) is 18.6. The number of benzene rings is 2. The van der Waals surface area contributed by atoms with Crippen molar-refractivity contribution in [2.45, 2.75) is 26.7 Å². The maximum atomic E-state index is 13.6. The Hall–Kier alpha value is -3.39. The first-order valence-corrected chi connectivity index (χ1v) is 10.5. The molecule has 5 aromatic rings. The van der Waals surface area contributed by atoms with Crippen molar-refractivity contribution < 1.29 is 4.39 Å². The van der Waals surface area contributed by atoms with Crippen LogP contribution in [0, 0.1) is 19.7 Å². The standard InChI is InChI=1S/C22H19FN6S/c1-14-19(15(2)28(26-14)18-9-4-3-5-10-18)11-12-20-24-25-22-29(20)27-21(30-22)16-7-6-8-17(23)13-16/h3-10,13H,11-12H2,1-2H3. The van der Waals surface area contributed by atoms with Gasteiger partial charge >= 0.3 is 0 Å². The van der Waals surface area contributed by atoms with Gasteiger partial charge in [0.25, 0.3) is 0 Å². The van der Waals surface area contributed by atoms with Crippen molar-refractivity contribution in [1.82, 2.24) is 29.6 Å². The number of nitrogens with zero attached hydrogens (tertiary/aromatic N) is 6. The largest absolute Gasteiger partial charge is 0.238 e. The summed E-state index contributed by atoms with van der Waals surface area (Å²) in [6.45, 7) is 4.12. The normalized spacial score (nSPS) is 11.4. The Morgan fingerprint density at radius 2 is 1.77 bits per heavy atom. The van der Waals surface area contributed by atoms with Crippen LogP contribution >= 0.6 is 11.3 Å². The molecule has 0 aliphatic rings. The van der Waals surface area contributed by atoms with Crippen LogP contribution in [0.25, 0.3) is 21.2 Å². The maximum absolute atomic E-state index is 13.6. The average molecular weight is 419 g/mol. The molecule has 8 heteroatoms. The van der Waals surface area contributed by atoms with Gasteiger partial charge < -0.3 is 0 Å². The Bertz CT molecular complexity index is 1330. The Balaban J connectivity index is 1.41. The lowest BCUT2D eigenvalue weighted by atomic mass is 10.1. The minimum Gasteiger partial charge on any atom is -0.238 e. The summed E-state index contributed by atoms with van der Waals surface area (Å²) in [4.78, 5) is 0.706. The van der Waals surface area contributed by atoms with Crippen LogP contribution < -0.4 is 0 Å². The molecule has 0 aliphatic heterocycles. The number of halogens is 1. The van der Waals surface area contributed by atoms with Gasteiger partial charge in [0.1, 0.15) is 10.8 Å². The van der Waals surface area contributed by atoms with Gasteiger partial charge in [-0.05, 0) is 50.1 Å². The van der Waals surface area contributed by atoms with Gasteiger partial charge in [-0.15, -0.1) is 10.2 Å². The van der Waals surface area contributed by atoms with Crippen LogP contribution in [-0.2, 0) is 12.8 Å². The molecular weight excluding hydrogens is 399 g/mol. The van der Waals surface area contributed by atoms with E-state index in [4.69, 9.17) is 5.10 Å². The Morgan fingerprint density at radius 3 is 2.57 bits per heavy atom. The van der Waals surface area contributed by atoms with Crippen LogP contribution in [0.5, 0.6) is 0 Å². The first-order valence-electron chi connectivity index (χ1n) is 9.68. The van der Waals surface area contributed by atoms with Crippen LogP contribution in [0.4, 0.5) is 4.39 Å². The molecule has 0 radical (unpaired) electrons. The van der Waals surface area contributed by atoms with Crippen LogP contribution in [-0.4, -0.2) is 29.6 Å². The molecule has 30 heavy (non-hydrogen) atoms. The Kier molecular flexibility index (Phi) is 4.63. The van der Waals surface area contributed by atoms with Crippen LogP contribution in [0.15, 0.2) is 54.6 Å². The number of hydrogen-bond acceptors (Lipinski definition) is 5. The number of fused-ring (bicyclic) bond motifs is 1. The van der Waals surface area contributed by atoms with E-state index in [1.54, 1.807) is 10.6 Å². The summed E-state index contributed by atoms with van der Waals surface area (Å²) in [5.74, 6) is 0.509. The zero-order valence-corrected chi connectivity index (χ0v) is 17.4. The fourth-order valence-corrected chi connectivity index (χ4v) is 4.50. The summed E-state index contributed by atoms with van der Waals surface area (Å²) in [6, 6.07) is 16.6. The van der Waals surface area contributed by atoms with E-state index in [0.29, 0.717) is 11.4 Å². The van der Waals surface area contributed by atoms with Crippen molar-refractivity contribution in [2.24, 2.45) is 0 Å². The lowest BCUT2D eigenvalue weighted by Crippen LogP contribution is -2.02. The minimum atomic E-state index is -0.278. The molecular formula is C22H19FN6S. The molecule has 3 aromatic heterocycles. The highest BCUT2D eigenvalue weighted by Crippen LogP contribution is 2.26. The van der Waals surface area contributed by atoms with E-state index in [-0.39, 0.29) is 5.82 Å². The summed E-state index contributed by atoms with van der Waals surface area (Å²) in [7, 11) is 0. The second-order valence-electron chi connectivity index (χ2n) is 7.12. The molecule has 5 rings (SSSR count). The summed E-state index contributed by atoms with van der Waals surface area (Å²) < 4.78 is 17.3. The van der Waals surface area contributed by atoms with Gasteiger partial charge in [0.2, 0.25) is 4.96 Å². The first-order chi connectivity index (χ1) is 14.6. The highest BCUT2D eigenvalue weighted by Gasteiger charge is 2.17. The molecule has 6 nitrogen and oxygen atoms in total. The molecule has 0 amide bonds. The van der Waals surface area contributed by atoms with Gasteiger partial charge in [0.05, 0.1) is 11.4 Å². The summed E-state index contributed by atoms with van der Waals surface area (Å²) in [5, 5.41) is 18.6. The van der Waals surface area contributed by atoms with E-state index < -0.39 is 0 Å². The van der Waals surface area contributed by atoms with Crippen molar-refractivity contribution in [3.8, 4) is 16.3 Å². The van der Waals surface area contributed by atoms with E-state index in [0.717, 1.165) is 39.9 Å². The topological polar surface area (TPSA) is 60.9 Å². The Morgan fingerprint density at radius 1 is 0.933 bits per heavy atom. The fourth-order valence-electron chi connectivity index (χ4n) is 3.65. The predicted octanol–water partition coefficient (Wildman–Crippen LogP) is 4.58. The van der Waals surface area contributed by atoms with Crippen molar-refractivity contribution >= 4 is 16.3 Å². The Labute approximate surface area is 176 Å². The van der Waals surface area contributed by atoms with E-state index in [9.17, 15) is 4.39 Å². The molecule has 0 spiro atoms. The van der Waals surface area contributed by atoms with Gasteiger partial charge in [-0.1, -0.05) is 41.7 Å². The summed E-state index contributed by atoms with van der Waals surface area (Å²) in [6.07, 6.45) is 1.48. The highest BCUT2D eigenvalue weighted by molar-refractivity contribution is 7.19. The van der Waals surface area contributed by atoms with Gasteiger partial charge in [0.15, 0.2) is 5.82 Å². The molecule has 0 aliphatic carbocycles. The predicted molar refractivity (Wildman–Crippen MR) is 114 cm³/mol. The van der Waals surface area contributed by atoms with Gasteiger partial charge in [0, 0.05) is 17.7 Å². The molecule has 0 fully saturated rings. The van der Waals surface area contributed by atoms with Crippen LogP contribution in [0.3, 0.4) is 0 Å². The number of rotatable bonds is 5. The van der Waals surface area contributed by atoms with Crippen molar-refractivity contribution in [1.29, 1.82) is 0 Å². The SMILES string of the molecule is Cc1nn(-c2ccccc2)c(C)c1CCc1nnc2sc(-c3cccc(F)c3)nn12. The number of para-hydroxylation sites is 1. The number of aryl methyl sites for hydroxylation is 2. The number of hydrogen-bond donors (Lipinski definition) is 0. The zero-order valence-electron chi connectivity index (χ0n) is 16.6. The van der Waals surface area contributed by atoms with Gasteiger partial charge in [-0.2, -0.15) is 14.7 Å². The highest BCUT2D eigenvalue weighted by atomic mass is 32.1. The number of aromatic nitrogens is 6. The van der Waals surface area contributed by atoms with E-state index in [1.807, 2.05) is 35.9 Å². The third kappa shape index (κ3) is 3.29. The summed E-state index contributed by atoms with van der Waals surface area (Å²) in [5.41, 5.74) is 5.13. The van der Waals surface area contributed by atoms with Gasteiger partial charge in [-0.3, -0.25) is 0 Å². The molecule has 3 heterocycles. The molecule has 0 N–H and O–H groups in total. The maximum Gasteiger partial charge on any atom is 0.234 e. The molecule has 150 valence electrons. The molecule has 0 atom stereocenters. The molecule has 0 saturated heterocycles. The van der Waals surface area contributed by atoms with Crippen molar-refractivity contribution in [3.05, 3.63) is 83.2 Å². The lowest BCUT2D eigenvalue weighted by Gasteiger charge is -2.05. The molecule has 0 saturated carbocycles. The molecule has 0 unspecified atom stereocenters. The quantitative estimate of drug-likeness (QED) is 0.419. The van der Waals surface area contributed by atoms with E-state index in [2.05, 4.69) is 34.4 Å².